The number of hydrogen-bond acceptors (Lipinski definition) is 4. The molecule has 0 fully saturated rings. The van der Waals surface area contributed by atoms with Gasteiger partial charge in [-0.3, -0.25) is 16.0 Å². The number of hydrogen-bond donors (Lipinski definition) is 2. The molecule has 0 saturated heterocycles. The summed E-state index contributed by atoms with van der Waals surface area (Å²) in [5, 5.41) is 5.96. The lowest BCUT2D eigenvalue weighted by Gasteiger charge is -2.19. The summed E-state index contributed by atoms with van der Waals surface area (Å²) >= 11 is 0. The molecule has 5 heteroatoms. The maximum Gasteiger partial charge on any atom is 0.0719 e. The molecule has 0 aliphatic heterocycles. The van der Waals surface area contributed by atoms with E-state index < -0.39 is 0 Å². The van der Waals surface area contributed by atoms with Crippen molar-refractivity contribution in [1.29, 1.82) is 0 Å². The highest BCUT2D eigenvalue weighted by Crippen LogP contribution is 2.21. The van der Waals surface area contributed by atoms with Crippen LogP contribution in [0.3, 0.4) is 0 Å². The van der Waals surface area contributed by atoms with E-state index >= 15 is 0 Å². The van der Waals surface area contributed by atoms with Gasteiger partial charge >= 0.3 is 0 Å². The molecule has 0 aliphatic carbocycles. The summed E-state index contributed by atoms with van der Waals surface area (Å²) in [5.74, 6) is 6.19. The van der Waals surface area contributed by atoms with Crippen molar-refractivity contribution >= 4 is 10.9 Å². The summed E-state index contributed by atoms with van der Waals surface area (Å²) in [6, 6.07) is 8.58. The zero-order valence-electron chi connectivity index (χ0n) is 13.2. The first-order valence-electron chi connectivity index (χ1n) is 7.59. The molecule has 21 heavy (non-hydrogen) atoms. The molecule has 0 amide bonds. The van der Waals surface area contributed by atoms with Crippen LogP contribution in [-0.4, -0.2) is 29.5 Å². The van der Waals surface area contributed by atoms with Crippen LogP contribution in [0, 0.1) is 5.92 Å². The van der Waals surface area contributed by atoms with Gasteiger partial charge in [0.05, 0.1) is 11.2 Å². The van der Waals surface area contributed by atoms with Crippen molar-refractivity contribution in [3.8, 4) is 0 Å². The number of rotatable bonds is 8. The topological polar surface area (TPSA) is 65.1 Å². The maximum absolute atomic E-state index is 5.72. The fourth-order valence-electron chi connectivity index (χ4n) is 2.87. The summed E-state index contributed by atoms with van der Waals surface area (Å²) in [7, 11) is 1.73. The van der Waals surface area contributed by atoms with Crippen LogP contribution < -0.4 is 11.3 Å². The molecule has 3 N–H and O–H groups in total. The molecule has 2 unspecified atom stereocenters. The van der Waals surface area contributed by atoms with Gasteiger partial charge in [-0.05, 0) is 25.3 Å². The first-order chi connectivity index (χ1) is 10.2. The second-order valence-corrected chi connectivity index (χ2v) is 5.64. The molecular weight excluding hydrogens is 264 g/mol. The number of nitrogens with two attached hydrogens (primary N) is 1. The van der Waals surface area contributed by atoms with E-state index in [1.807, 2.05) is 0 Å². The van der Waals surface area contributed by atoms with Gasteiger partial charge in [-0.1, -0.05) is 25.1 Å². The molecule has 1 aromatic heterocycles. The first-order valence-corrected chi connectivity index (χ1v) is 7.59. The Morgan fingerprint density at radius 1 is 1.38 bits per heavy atom. The molecule has 2 atom stereocenters. The normalized spacial score (nSPS) is 14.5. The van der Waals surface area contributed by atoms with Crippen molar-refractivity contribution in [2.75, 3.05) is 13.7 Å². The summed E-state index contributed by atoms with van der Waals surface area (Å²) in [5.41, 5.74) is 5.23. The Bertz CT molecular complexity index is 566. The number of para-hydroxylation sites is 1. The van der Waals surface area contributed by atoms with Crippen molar-refractivity contribution in [2.45, 2.75) is 39.3 Å². The number of aromatic nitrogens is 2. The highest BCUT2D eigenvalue weighted by Gasteiger charge is 2.17. The fourth-order valence-corrected chi connectivity index (χ4v) is 2.87. The van der Waals surface area contributed by atoms with Crippen LogP contribution in [0.15, 0.2) is 24.3 Å². The average molecular weight is 290 g/mol. The Balaban J connectivity index is 2.17. The van der Waals surface area contributed by atoms with Gasteiger partial charge in [0.1, 0.15) is 0 Å². The number of hydrazine groups is 1. The van der Waals surface area contributed by atoms with E-state index in [0.717, 1.165) is 31.7 Å². The third-order valence-electron chi connectivity index (χ3n) is 3.85. The van der Waals surface area contributed by atoms with Crippen molar-refractivity contribution in [3.63, 3.8) is 0 Å². The Hall–Kier alpha value is -1.43. The molecule has 2 aromatic rings. The van der Waals surface area contributed by atoms with Gasteiger partial charge in [0.25, 0.3) is 0 Å². The SMILES string of the molecule is CCn1nc(CC(CC(C)COC)NN)c2ccccc21. The van der Waals surface area contributed by atoms with E-state index in [4.69, 9.17) is 15.7 Å². The molecule has 1 heterocycles. The predicted molar refractivity (Wildman–Crippen MR) is 85.9 cm³/mol. The van der Waals surface area contributed by atoms with Crippen LogP contribution in [-0.2, 0) is 17.7 Å². The molecule has 0 spiro atoms. The van der Waals surface area contributed by atoms with Crippen molar-refractivity contribution < 1.29 is 4.74 Å². The van der Waals surface area contributed by atoms with Crippen molar-refractivity contribution in [2.24, 2.45) is 11.8 Å². The average Bonchev–Trinajstić information content (AvgIpc) is 2.85. The zero-order valence-corrected chi connectivity index (χ0v) is 13.2. The van der Waals surface area contributed by atoms with E-state index in [0.29, 0.717) is 5.92 Å². The quantitative estimate of drug-likeness (QED) is 0.577. The van der Waals surface area contributed by atoms with Crippen LogP contribution in [0.5, 0.6) is 0 Å². The highest BCUT2D eigenvalue weighted by atomic mass is 16.5. The minimum atomic E-state index is 0.207. The molecule has 0 aliphatic rings. The van der Waals surface area contributed by atoms with Gasteiger partial charge in [-0.2, -0.15) is 5.10 Å². The van der Waals surface area contributed by atoms with E-state index in [9.17, 15) is 0 Å². The third kappa shape index (κ3) is 3.81. The monoisotopic (exact) mass is 290 g/mol. The Morgan fingerprint density at radius 3 is 2.81 bits per heavy atom. The van der Waals surface area contributed by atoms with Gasteiger partial charge in [0.15, 0.2) is 0 Å². The predicted octanol–water partition coefficient (Wildman–Crippen LogP) is 2.10. The number of methoxy groups -OCH3 is 1. The van der Waals surface area contributed by atoms with Crippen molar-refractivity contribution in [1.82, 2.24) is 15.2 Å². The van der Waals surface area contributed by atoms with Gasteiger partial charge in [0.2, 0.25) is 0 Å². The number of benzene rings is 1. The maximum atomic E-state index is 5.72. The van der Waals surface area contributed by atoms with Crippen LogP contribution >= 0.6 is 0 Å². The third-order valence-corrected chi connectivity index (χ3v) is 3.85. The molecule has 0 radical (unpaired) electrons. The number of ether oxygens (including phenoxy) is 1. The fraction of sp³-hybridized carbons (Fsp3) is 0.562. The van der Waals surface area contributed by atoms with Gasteiger partial charge in [0, 0.05) is 38.1 Å². The molecule has 1 aromatic carbocycles. The summed E-state index contributed by atoms with van der Waals surface area (Å²) in [6.07, 6.45) is 1.80. The van der Waals surface area contributed by atoms with E-state index in [2.05, 4.69) is 48.2 Å². The largest absolute Gasteiger partial charge is 0.384 e. The number of nitrogens with one attached hydrogen (secondary N) is 1. The van der Waals surface area contributed by atoms with E-state index in [-0.39, 0.29) is 6.04 Å². The van der Waals surface area contributed by atoms with Crippen LogP contribution in [0.25, 0.3) is 10.9 Å². The summed E-state index contributed by atoms with van der Waals surface area (Å²) in [6.45, 7) is 5.92. The van der Waals surface area contributed by atoms with Crippen LogP contribution in [0.4, 0.5) is 0 Å². The molecule has 116 valence electrons. The highest BCUT2D eigenvalue weighted by molar-refractivity contribution is 5.82. The lowest BCUT2D eigenvalue weighted by atomic mass is 9.98. The van der Waals surface area contributed by atoms with Gasteiger partial charge in [-0.25, -0.2) is 0 Å². The Morgan fingerprint density at radius 2 is 2.14 bits per heavy atom. The smallest absolute Gasteiger partial charge is 0.0719 e. The van der Waals surface area contributed by atoms with Crippen LogP contribution in [0.2, 0.25) is 0 Å². The second-order valence-electron chi connectivity index (χ2n) is 5.64. The summed E-state index contributed by atoms with van der Waals surface area (Å²) < 4.78 is 7.26. The molecule has 5 nitrogen and oxygen atoms in total. The van der Waals surface area contributed by atoms with E-state index in [1.165, 1.54) is 10.9 Å². The number of nitrogens with zero attached hydrogens (tertiary/aromatic N) is 2. The molecule has 0 bridgehead atoms. The molecule has 0 saturated carbocycles. The second kappa shape index (κ2) is 7.54. The van der Waals surface area contributed by atoms with Crippen LogP contribution in [0.1, 0.15) is 26.0 Å². The van der Waals surface area contributed by atoms with E-state index in [1.54, 1.807) is 7.11 Å². The molecular formula is C16H26N4O. The van der Waals surface area contributed by atoms with Gasteiger partial charge in [-0.15, -0.1) is 0 Å². The molecule has 2 rings (SSSR count). The Labute approximate surface area is 126 Å². The zero-order chi connectivity index (χ0) is 15.2. The number of fused-ring (bicyclic) bond motifs is 1. The lowest BCUT2D eigenvalue weighted by molar-refractivity contribution is 0.149. The number of aryl methyl sites for hydroxylation is 1. The Kier molecular flexibility index (Phi) is 5.73. The van der Waals surface area contributed by atoms with Gasteiger partial charge < -0.3 is 4.74 Å². The standard InChI is InChI=1S/C16H26N4O/c1-4-20-16-8-6-5-7-14(16)15(19-20)10-13(18-17)9-12(2)11-21-3/h5-8,12-13,18H,4,9-11,17H2,1-3H3. The summed E-state index contributed by atoms with van der Waals surface area (Å²) in [4.78, 5) is 0. The first kappa shape index (κ1) is 15.9. The minimum absolute atomic E-state index is 0.207. The lowest BCUT2D eigenvalue weighted by Crippen LogP contribution is -2.38. The van der Waals surface area contributed by atoms with Crippen molar-refractivity contribution in [3.05, 3.63) is 30.0 Å². The minimum Gasteiger partial charge on any atom is -0.384 e.